The second-order valence-corrected chi connectivity index (χ2v) is 4.53. The molecule has 18 heavy (non-hydrogen) atoms. The predicted octanol–water partition coefficient (Wildman–Crippen LogP) is 3.10. The van der Waals surface area contributed by atoms with Crippen LogP contribution in [0, 0.1) is 10.1 Å². The molecule has 1 aromatic heterocycles. The number of nitrogens with zero attached hydrogens (tertiary/aromatic N) is 3. The third-order valence-corrected chi connectivity index (χ3v) is 3.00. The zero-order chi connectivity index (χ0) is 13.5. The van der Waals surface area contributed by atoms with Crippen molar-refractivity contribution in [2.45, 2.75) is 52.0 Å². The summed E-state index contributed by atoms with van der Waals surface area (Å²) in [5.74, 6) is 0.509. The standard InChI is InChI=1S/C12H22N4O2/c1-4-6-8-10(7-5-2)14-12-11(16(17)18)9-13-15(12)3/h9-10,14H,4-8H2,1-3H3/t10-/m1/s1. The van der Waals surface area contributed by atoms with Gasteiger partial charge in [0.2, 0.25) is 5.82 Å². The normalized spacial score (nSPS) is 12.4. The van der Waals surface area contributed by atoms with Gasteiger partial charge in [0.05, 0.1) is 4.92 Å². The molecule has 0 aliphatic heterocycles. The molecule has 1 atom stereocenters. The summed E-state index contributed by atoms with van der Waals surface area (Å²) >= 11 is 0. The van der Waals surface area contributed by atoms with Gasteiger partial charge in [-0.3, -0.25) is 10.1 Å². The van der Waals surface area contributed by atoms with Gasteiger partial charge in [-0.25, -0.2) is 4.68 Å². The third kappa shape index (κ3) is 3.72. The fourth-order valence-electron chi connectivity index (χ4n) is 2.01. The lowest BCUT2D eigenvalue weighted by molar-refractivity contribution is -0.384. The summed E-state index contributed by atoms with van der Waals surface area (Å²) < 4.78 is 1.53. The van der Waals surface area contributed by atoms with E-state index in [-0.39, 0.29) is 11.7 Å². The van der Waals surface area contributed by atoms with Crippen LogP contribution in [0.3, 0.4) is 0 Å². The summed E-state index contributed by atoms with van der Waals surface area (Å²) in [6, 6.07) is 0.282. The van der Waals surface area contributed by atoms with Gasteiger partial charge in [0.25, 0.3) is 0 Å². The van der Waals surface area contributed by atoms with Crippen LogP contribution in [0.5, 0.6) is 0 Å². The average molecular weight is 254 g/mol. The van der Waals surface area contributed by atoms with Gasteiger partial charge in [-0.1, -0.05) is 33.1 Å². The third-order valence-electron chi connectivity index (χ3n) is 3.00. The number of rotatable bonds is 8. The lowest BCUT2D eigenvalue weighted by atomic mass is 10.1. The van der Waals surface area contributed by atoms with Crippen molar-refractivity contribution in [1.82, 2.24) is 9.78 Å². The summed E-state index contributed by atoms with van der Waals surface area (Å²) in [5, 5.41) is 18.1. The Bertz CT molecular complexity index is 389. The molecule has 0 radical (unpaired) electrons. The maximum absolute atomic E-state index is 10.9. The van der Waals surface area contributed by atoms with Crippen LogP contribution < -0.4 is 5.32 Å². The second kappa shape index (κ2) is 6.98. The molecule has 0 saturated carbocycles. The van der Waals surface area contributed by atoms with Gasteiger partial charge in [-0.2, -0.15) is 5.10 Å². The minimum absolute atomic E-state index is 0.0510. The highest BCUT2D eigenvalue weighted by molar-refractivity contribution is 5.55. The minimum atomic E-state index is -0.391. The summed E-state index contributed by atoms with van der Waals surface area (Å²) in [4.78, 5) is 10.5. The van der Waals surface area contributed by atoms with Gasteiger partial charge in [0.15, 0.2) is 0 Å². The topological polar surface area (TPSA) is 73.0 Å². The highest BCUT2D eigenvalue weighted by Crippen LogP contribution is 2.25. The van der Waals surface area contributed by atoms with E-state index in [1.807, 2.05) is 0 Å². The van der Waals surface area contributed by atoms with Crippen molar-refractivity contribution in [2.24, 2.45) is 7.05 Å². The van der Waals surface area contributed by atoms with E-state index in [0.717, 1.165) is 32.1 Å². The van der Waals surface area contributed by atoms with Crippen LogP contribution in [0.25, 0.3) is 0 Å². The molecule has 6 heteroatoms. The Labute approximate surface area is 108 Å². The van der Waals surface area contributed by atoms with Crippen molar-refractivity contribution < 1.29 is 4.92 Å². The highest BCUT2D eigenvalue weighted by atomic mass is 16.6. The van der Waals surface area contributed by atoms with Gasteiger partial charge >= 0.3 is 5.69 Å². The Kier molecular flexibility index (Phi) is 5.61. The molecule has 1 aromatic rings. The lowest BCUT2D eigenvalue weighted by Gasteiger charge is -2.18. The van der Waals surface area contributed by atoms with E-state index in [4.69, 9.17) is 0 Å². The van der Waals surface area contributed by atoms with Crippen LogP contribution in [0.4, 0.5) is 11.5 Å². The maximum atomic E-state index is 10.9. The number of unbranched alkanes of at least 4 members (excludes halogenated alkanes) is 1. The number of nitro groups is 1. The molecule has 1 heterocycles. The number of hydrogen-bond acceptors (Lipinski definition) is 4. The van der Waals surface area contributed by atoms with Gasteiger partial charge in [-0.15, -0.1) is 0 Å². The van der Waals surface area contributed by atoms with E-state index in [1.54, 1.807) is 7.05 Å². The molecule has 0 aliphatic rings. The van der Waals surface area contributed by atoms with Crippen LogP contribution in [0.1, 0.15) is 46.0 Å². The molecule has 0 aromatic carbocycles. The quantitative estimate of drug-likeness (QED) is 0.571. The fourth-order valence-corrected chi connectivity index (χ4v) is 2.01. The molecule has 0 saturated heterocycles. The van der Waals surface area contributed by atoms with E-state index >= 15 is 0 Å². The highest BCUT2D eigenvalue weighted by Gasteiger charge is 2.21. The van der Waals surface area contributed by atoms with Crippen LogP contribution in [0.2, 0.25) is 0 Å². The first-order valence-corrected chi connectivity index (χ1v) is 6.53. The molecule has 0 amide bonds. The van der Waals surface area contributed by atoms with Gasteiger partial charge in [-0.05, 0) is 12.8 Å². The SMILES string of the molecule is CCCC[C@@H](CCC)Nc1c([N+](=O)[O-])cnn1C. The average Bonchev–Trinajstić information content (AvgIpc) is 2.68. The molecule has 102 valence electrons. The monoisotopic (exact) mass is 254 g/mol. The summed E-state index contributed by atoms with van der Waals surface area (Å²) in [7, 11) is 1.72. The largest absolute Gasteiger partial charge is 0.362 e. The van der Waals surface area contributed by atoms with E-state index in [9.17, 15) is 10.1 Å². The zero-order valence-corrected chi connectivity index (χ0v) is 11.3. The van der Waals surface area contributed by atoms with Crippen molar-refractivity contribution >= 4 is 11.5 Å². The first kappa shape index (κ1) is 14.5. The van der Waals surface area contributed by atoms with Crippen LogP contribution >= 0.6 is 0 Å². The summed E-state index contributed by atoms with van der Waals surface area (Å²) in [5.41, 5.74) is 0.0510. The van der Waals surface area contributed by atoms with E-state index in [2.05, 4.69) is 24.3 Å². The van der Waals surface area contributed by atoms with Crippen molar-refractivity contribution in [3.63, 3.8) is 0 Å². The second-order valence-electron chi connectivity index (χ2n) is 4.53. The van der Waals surface area contributed by atoms with Gasteiger partial charge in [0.1, 0.15) is 6.20 Å². The van der Waals surface area contributed by atoms with Crippen molar-refractivity contribution in [3.05, 3.63) is 16.3 Å². The van der Waals surface area contributed by atoms with Crippen molar-refractivity contribution in [1.29, 1.82) is 0 Å². The van der Waals surface area contributed by atoms with Crippen molar-refractivity contribution in [2.75, 3.05) is 5.32 Å². The van der Waals surface area contributed by atoms with E-state index in [0.29, 0.717) is 5.82 Å². The van der Waals surface area contributed by atoms with Crippen LogP contribution in [0.15, 0.2) is 6.20 Å². The molecular formula is C12H22N4O2. The number of aromatic nitrogens is 2. The van der Waals surface area contributed by atoms with E-state index < -0.39 is 4.92 Å². The number of hydrogen-bond donors (Lipinski definition) is 1. The molecule has 0 fully saturated rings. The maximum Gasteiger partial charge on any atom is 0.330 e. The summed E-state index contributed by atoms with van der Waals surface area (Å²) in [6.07, 6.45) is 6.67. The van der Waals surface area contributed by atoms with Gasteiger partial charge < -0.3 is 5.32 Å². The Balaban J connectivity index is 2.78. The molecular weight excluding hydrogens is 232 g/mol. The number of aryl methyl sites for hydroxylation is 1. The molecule has 0 bridgehead atoms. The van der Waals surface area contributed by atoms with Gasteiger partial charge in [0, 0.05) is 13.1 Å². The summed E-state index contributed by atoms with van der Waals surface area (Å²) in [6.45, 7) is 4.27. The lowest BCUT2D eigenvalue weighted by Crippen LogP contribution is -2.21. The Hall–Kier alpha value is -1.59. The molecule has 0 aliphatic carbocycles. The fraction of sp³-hybridized carbons (Fsp3) is 0.750. The molecule has 0 unspecified atom stereocenters. The number of anilines is 1. The number of nitrogens with one attached hydrogen (secondary N) is 1. The first-order chi connectivity index (χ1) is 8.60. The Morgan fingerprint density at radius 1 is 1.44 bits per heavy atom. The Morgan fingerprint density at radius 2 is 2.17 bits per heavy atom. The van der Waals surface area contributed by atoms with Crippen LogP contribution in [-0.2, 0) is 7.05 Å². The molecule has 6 nitrogen and oxygen atoms in total. The van der Waals surface area contributed by atoms with Crippen LogP contribution in [-0.4, -0.2) is 20.7 Å². The Morgan fingerprint density at radius 3 is 2.72 bits per heavy atom. The minimum Gasteiger partial charge on any atom is -0.362 e. The smallest absolute Gasteiger partial charge is 0.330 e. The first-order valence-electron chi connectivity index (χ1n) is 6.53. The van der Waals surface area contributed by atoms with Crippen molar-refractivity contribution in [3.8, 4) is 0 Å². The predicted molar refractivity (Wildman–Crippen MR) is 71.7 cm³/mol. The van der Waals surface area contributed by atoms with E-state index in [1.165, 1.54) is 10.9 Å². The molecule has 0 spiro atoms. The molecule has 1 rings (SSSR count). The molecule has 1 N–H and O–H groups in total. The zero-order valence-electron chi connectivity index (χ0n) is 11.3.